The Morgan fingerprint density at radius 3 is 2.56 bits per heavy atom. The Labute approximate surface area is 170 Å². The minimum atomic E-state index is 0.399. The zero-order chi connectivity index (χ0) is 17.6. The second-order valence-corrected chi connectivity index (χ2v) is 6.35. The van der Waals surface area contributed by atoms with E-state index >= 15 is 0 Å². The van der Waals surface area contributed by atoms with Crippen molar-refractivity contribution in [3.8, 4) is 11.5 Å². The Bertz CT molecular complexity index is 944. The fourth-order valence-corrected chi connectivity index (χ4v) is 3.52. The van der Waals surface area contributed by atoms with Gasteiger partial charge in [0, 0.05) is 11.1 Å². The number of hydrogen-bond donors (Lipinski definition) is 0. The van der Waals surface area contributed by atoms with E-state index in [0.29, 0.717) is 6.04 Å². The summed E-state index contributed by atoms with van der Waals surface area (Å²) in [5.41, 5.74) is 3.45. The van der Waals surface area contributed by atoms with E-state index in [2.05, 4.69) is 96.1 Å². The zero-order valence-corrected chi connectivity index (χ0v) is 17.5. The molecular formula is C20H17AgIN2O-. The number of hydrogen-bond acceptors (Lipinski definition) is 3. The Morgan fingerprint density at radius 2 is 1.76 bits per heavy atom. The van der Waals surface area contributed by atoms with Gasteiger partial charge in [0.15, 0.2) is 11.5 Å². The average molecular weight is 536 g/mol. The number of anilines is 3. The summed E-state index contributed by atoms with van der Waals surface area (Å²) in [5, 5.41) is 2.35. The molecule has 0 saturated heterocycles. The van der Waals surface area contributed by atoms with Gasteiger partial charge in [0.2, 0.25) is 0 Å². The van der Waals surface area contributed by atoms with Crippen molar-refractivity contribution in [2.24, 2.45) is 0 Å². The summed E-state index contributed by atoms with van der Waals surface area (Å²) in [6.07, 6.45) is 0. The van der Waals surface area contributed by atoms with Gasteiger partial charge in [0.1, 0.15) is 0 Å². The van der Waals surface area contributed by atoms with E-state index in [-0.39, 0.29) is 0 Å². The SMILES string of the molecule is CC(C)N1[CH-]N2c3ccc4ccccc4c3Oc3cccc1c32.[Ag][I]. The molecule has 132 valence electrons. The van der Waals surface area contributed by atoms with E-state index in [1.165, 1.54) is 11.1 Å². The third kappa shape index (κ3) is 2.67. The zero-order valence-electron chi connectivity index (χ0n) is 13.8. The molecule has 0 saturated carbocycles. The van der Waals surface area contributed by atoms with Crippen molar-refractivity contribution in [2.45, 2.75) is 19.9 Å². The van der Waals surface area contributed by atoms with Crippen LogP contribution in [0.25, 0.3) is 10.8 Å². The molecule has 2 heterocycles. The van der Waals surface area contributed by atoms with Crippen molar-refractivity contribution in [1.82, 2.24) is 0 Å². The fourth-order valence-electron chi connectivity index (χ4n) is 3.52. The molecule has 25 heavy (non-hydrogen) atoms. The summed E-state index contributed by atoms with van der Waals surface area (Å²) in [7, 11) is 0. The molecule has 0 atom stereocenters. The molecule has 0 fully saturated rings. The number of para-hydroxylation sites is 1. The van der Waals surface area contributed by atoms with Crippen LogP contribution < -0.4 is 14.5 Å². The summed E-state index contributed by atoms with van der Waals surface area (Å²) in [4.78, 5) is 4.56. The summed E-state index contributed by atoms with van der Waals surface area (Å²) < 4.78 is 6.32. The van der Waals surface area contributed by atoms with Crippen LogP contribution in [-0.4, -0.2) is 6.04 Å². The van der Waals surface area contributed by atoms with Gasteiger partial charge in [-0.25, -0.2) is 0 Å². The summed E-state index contributed by atoms with van der Waals surface area (Å²) in [6.45, 7) is 6.60. The second kappa shape index (κ2) is 6.83. The Morgan fingerprint density at radius 1 is 0.960 bits per heavy atom. The number of benzene rings is 3. The van der Waals surface area contributed by atoms with E-state index in [4.69, 9.17) is 4.74 Å². The van der Waals surface area contributed by atoms with Gasteiger partial charge in [-0.15, -0.1) is 6.67 Å². The monoisotopic (exact) mass is 535 g/mol. The van der Waals surface area contributed by atoms with Crippen molar-refractivity contribution in [3.63, 3.8) is 0 Å². The van der Waals surface area contributed by atoms with Gasteiger partial charge >= 0.3 is 36.3 Å². The first-order chi connectivity index (χ1) is 12.2. The van der Waals surface area contributed by atoms with E-state index in [1.807, 2.05) is 25.1 Å². The van der Waals surface area contributed by atoms with Crippen LogP contribution in [0.5, 0.6) is 11.5 Å². The summed E-state index contributed by atoms with van der Waals surface area (Å²) in [5.74, 6) is 1.86. The molecule has 0 bridgehead atoms. The fraction of sp³-hybridized carbons (Fsp3) is 0.150. The summed E-state index contributed by atoms with van der Waals surface area (Å²) >= 11 is 4.88. The first-order valence-electron chi connectivity index (χ1n) is 8.10. The van der Waals surface area contributed by atoms with Gasteiger partial charge in [0.05, 0.1) is 11.4 Å². The number of ether oxygens (including phenoxy) is 1. The molecule has 0 aliphatic carbocycles. The van der Waals surface area contributed by atoms with Crippen LogP contribution in [0.3, 0.4) is 0 Å². The standard InChI is InChI=1S/C20H17N2O.Ag.HI/c1-13(2)21-12-22-17-11-10-14-6-3-4-7-15(14)20(17)23-18-9-5-8-16(21)19(18)22;;/h3-13H,1-2H3;;1H/q-1;+1;/p-1. The van der Waals surface area contributed by atoms with Gasteiger partial charge in [-0.3, -0.25) is 0 Å². The second-order valence-electron chi connectivity index (χ2n) is 6.35. The molecule has 5 heteroatoms. The van der Waals surface area contributed by atoms with Crippen LogP contribution in [-0.2, 0) is 17.3 Å². The molecule has 5 rings (SSSR count). The number of rotatable bonds is 1. The minimum absolute atomic E-state index is 0.399. The van der Waals surface area contributed by atoms with Gasteiger partial charge in [-0.2, -0.15) is 0 Å². The maximum atomic E-state index is 6.32. The van der Waals surface area contributed by atoms with Crippen molar-refractivity contribution < 1.29 is 22.0 Å². The predicted octanol–water partition coefficient (Wildman–Crippen LogP) is 6.31. The number of halogens is 1. The molecule has 2 aliphatic heterocycles. The first kappa shape index (κ1) is 17.2. The van der Waals surface area contributed by atoms with Crippen LogP contribution in [0, 0.1) is 6.67 Å². The predicted molar refractivity (Wildman–Crippen MR) is 109 cm³/mol. The van der Waals surface area contributed by atoms with E-state index < -0.39 is 0 Å². The van der Waals surface area contributed by atoms with Gasteiger partial charge in [-0.05, 0) is 43.5 Å². The maximum absolute atomic E-state index is 6.32. The average Bonchev–Trinajstić information content (AvgIpc) is 3.05. The third-order valence-electron chi connectivity index (χ3n) is 4.62. The summed E-state index contributed by atoms with van der Waals surface area (Å²) in [6, 6.07) is 19.4. The Hall–Kier alpha value is -1.21. The van der Waals surface area contributed by atoms with Crippen LogP contribution in [0.2, 0.25) is 0 Å². The number of fused-ring (bicyclic) bond motifs is 4. The third-order valence-corrected chi connectivity index (χ3v) is 4.62. The molecule has 3 aromatic rings. The van der Waals surface area contributed by atoms with E-state index in [0.717, 1.165) is 28.3 Å². The van der Waals surface area contributed by atoms with Gasteiger partial charge in [-0.1, -0.05) is 36.4 Å². The van der Waals surface area contributed by atoms with Gasteiger partial charge < -0.3 is 14.5 Å². The van der Waals surface area contributed by atoms with Crippen molar-refractivity contribution in [2.75, 3.05) is 9.80 Å². The molecular weight excluding hydrogens is 519 g/mol. The molecule has 0 aromatic heterocycles. The van der Waals surface area contributed by atoms with Crippen LogP contribution in [0.1, 0.15) is 13.8 Å². The molecule has 0 amide bonds. The Balaban J connectivity index is 0.000000758. The molecule has 0 spiro atoms. The molecule has 0 N–H and O–H groups in total. The van der Waals surface area contributed by atoms with E-state index in [9.17, 15) is 0 Å². The topological polar surface area (TPSA) is 15.7 Å². The van der Waals surface area contributed by atoms with Crippen LogP contribution >= 0.6 is 19.0 Å². The normalized spacial score (nSPS) is 14.0. The van der Waals surface area contributed by atoms with Crippen LogP contribution in [0.4, 0.5) is 17.1 Å². The quantitative estimate of drug-likeness (QED) is 0.206. The van der Waals surface area contributed by atoms with Crippen molar-refractivity contribution in [1.29, 1.82) is 0 Å². The van der Waals surface area contributed by atoms with Gasteiger partial charge in [0.25, 0.3) is 0 Å². The Kier molecular flexibility index (Phi) is 4.71. The molecule has 3 nitrogen and oxygen atoms in total. The molecule has 2 aliphatic rings. The van der Waals surface area contributed by atoms with Crippen molar-refractivity contribution >= 4 is 46.9 Å². The number of nitrogens with zero attached hydrogens (tertiary/aromatic N) is 2. The molecule has 0 radical (unpaired) electrons. The molecule has 0 unspecified atom stereocenters. The van der Waals surface area contributed by atoms with Crippen molar-refractivity contribution in [3.05, 3.63) is 61.3 Å². The first-order valence-corrected chi connectivity index (χ1v) is 12.5. The van der Waals surface area contributed by atoms with E-state index in [1.54, 1.807) is 0 Å². The van der Waals surface area contributed by atoms with Crippen LogP contribution in [0.15, 0.2) is 54.6 Å². The molecule has 3 aromatic carbocycles.